The second-order valence-electron chi connectivity index (χ2n) is 2.39. The Labute approximate surface area is 75.0 Å². The van der Waals surface area contributed by atoms with Crippen molar-refractivity contribution in [1.29, 1.82) is 0 Å². The van der Waals surface area contributed by atoms with Crippen molar-refractivity contribution in [3.05, 3.63) is 16.6 Å². The van der Waals surface area contributed by atoms with Crippen LogP contribution in [-0.4, -0.2) is 24.0 Å². The summed E-state index contributed by atoms with van der Waals surface area (Å²) in [6, 6.07) is 0. The van der Waals surface area contributed by atoms with E-state index >= 15 is 0 Å². The Hall–Kier alpha value is -0.840. The standard InChI is InChI=1S/C6H11N2O4P/c1-8-6(9)5(4-7-8)13(10,11-2)12-3/h4,7H,1-3H3. The zero-order chi connectivity index (χ0) is 10.1. The van der Waals surface area contributed by atoms with Crippen molar-refractivity contribution in [2.45, 2.75) is 0 Å². The number of hydrogen-bond acceptors (Lipinski definition) is 4. The van der Waals surface area contributed by atoms with Crippen LogP contribution in [0.25, 0.3) is 0 Å². The molecule has 6 nitrogen and oxygen atoms in total. The molecule has 74 valence electrons. The number of H-pyrrole nitrogens is 1. The molecule has 0 atom stereocenters. The van der Waals surface area contributed by atoms with Gasteiger partial charge in [-0.1, -0.05) is 0 Å². The number of aromatic amines is 1. The fraction of sp³-hybridized carbons (Fsp3) is 0.500. The molecule has 1 rings (SSSR count). The first kappa shape index (κ1) is 10.2. The van der Waals surface area contributed by atoms with Crippen LogP contribution in [-0.2, 0) is 20.7 Å². The van der Waals surface area contributed by atoms with Crippen LogP contribution in [0.3, 0.4) is 0 Å². The predicted octanol–water partition coefficient (Wildman–Crippen LogP) is -0.175. The second-order valence-corrected chi connectivity index (χ2v) is 4.59. The molecule has 0 radical (unpaired) electrons. The lowest BCUT2D eigenvalue weighted by atomic mass is 10.7. The first-order chi connectivity index (χ1) is 6.05. The Morgan fingerprint density at radius 1 is 1.46 bits per heavy atom. The maximum Gasteiger partial charge on any atom is 0.367 e. The van der Waals surface area contributed by atoms with Crippen molar-refractivity contribution >= 4 is 12.9 Å². The van der Waals surface area contributed by atoms with Gasteiger partial charge >= 0.3 is 7.60 Å². The molecule has 0 aromatic carbocycles. The minimum Gasteiger partial charge on any atom is -0.308 e. The third kappa shape index (κ3) is 1.60. The van der Waals surface area contributed by atoms with Gasteiger partial charge in [-0.15, -0.1) is 0 Å². The molecular weight excluding hydrogens is 195 g/mol. The van der Waals surface area contributed by atoms with Gasteiger partial charge in [-0.3, -0.25) is 14.0 Å². The monoisotopic (exact) mass is 206 g/mol. The Bertz CT molecular complexity index is 386. The minimum atomic E-state index is -3.41. The van der Waals surface area contributed by atoms with Crippen molar-refractivity contribution in [3.8, 4) is 0 Å². The van der Waals surface area contributed by atoms with Crippen molar-refractivity contribution in [2.75, 3.05) is 14.2 Å². The van der Waals surface area contributed by atoms with E-state index in [2.05, 4.69) is 14.1 Å². The van der Waals surface area contributed by atoms with Gasteiger partial charge in [0.05, 0.1) is 0 Å². The van der Waals surface area contributed by atoms with Gasteiger partial charge in [0.2, 0.25) is 0 Å². The van der Waals surface area contributed by atoms with Crippen molar-refractivity contribution < 1.29 is 13.6 Å². The van der Waals surface area contributed by atoms with E-state index in [1.54, 1.807) is 0 Å². The van der Waals surface area contributed by atoms with Gasteiger partial charge in [0, 0.05) is 27.5 Å². The summed E-state index contributed by atoms with van der Waals surface area (Å²) in [5.74, 6) is 0. The van der Waals surface area contributed by atoms with Crippen LogP contribution in [0.1, 0.15) is 0 Å². The van der Waals surface area contributed by atoms with E-state index in [4.69, 9.17) is 0 Å². The van der Waals surface area contributed by atoms with Crippen molar-refractivity contribution in [1.82, 2.24) is 9.78 Å². The average molecular weight is 206 g/mol. The first-order valence-corrected chi connectivity index (χ1v) is 5.06. The van der Waals surface area contributed by atoms with Gasteiger partial charge < -0.3 is 14.1 Å². The van der Waals surface area contributed by atoms with Gasteiger partial charge in [0.25, 0.3) is 5.56 Å². The molecular formula is C6H11N2O4P. The summed E-state index contributed by atoms with van der Waals surface area (Å²) in [6.07, 6.45) is 1.32. The lowest BCUT2D eigenvalue weighted by molar-refractivity contribution is 0.287. The Balaban J connectivity index is 3.29. The van der Waals surface area contributed by atoms with Crippen LogP contribution in [0.5, 0.6) is 0 Å². The van der Waals surface area contributed by atoms with Gasteiger partial charge in [0.15, 0.2) is 0 Å². The fourth-order valence-electron chi connectivity index (χ4n) is 0.918. The molecule has 13 heavy (non-hydrogen) atoms. The minimum absolute atomic E-state index is 0.0139. The highest BCUT2D eigenvalue weighted by molar-refractivity contribution is 7.62. The van der Waals surface area contributed by atoms with Gasteiger partial charge in [-0.05, 0) is 0 Å². The largest absolute Gasteiger partial charge is 0.367 e. The molecule has 7 heteroatoms. The van der Waals surface area contributed by atoms with Gasteiger partial charge in [-0.2, -0.15) is 0 Å². The normalized spacial score (nSPS) is 11.9. The predicted molar refractivity (Wildman–Crippen MR) is 47.3 cm³/mol. The lowest BCUT2D eigenvalue weighted by Crippen LogP contribution is -2.27. The molecule has 0 saturated carbocycles. The van der Waals surface area contributed by atoms with Crippen LogP contribution < -0.4 is 10.9 Å². The molecule has 0 unspecified atom stereocenters. The summed E-state index contributed by atoms with van der Waals surface area (Å²) in [7, 11) is 0.566. The molecule has 0 aliphatic heterocycles. The van der Waals surface area contributed by atoms with E-state index in [1.165, 1.54) is 32.1 Å². The summed E-state index contributed by atoms with van der Waals surface area (Å²) in [6.45, 7) is 0. The summed E-state index contributed by atoms with van der Waals surface area (Å²) < 4.78 is 22.2. The molecule has 0 spiro atoms. The molecule has 1 heterocycles. The maximum absolute atomic E-state index is 11.7. The zero-order valence-corrected chi connectivity index (χ0v) is 8.50. The van der Waals surface area contributed by atoms with E-state index in [-0.39, 0.29) is 5.30 Å². The SMILES string of the molecule is COP(=O)(OC)c1c[nH]n(C)c1=O. The van der Waals surface area contributed by atoms with E-state index in [0.717, 1.165) is 0 Å². The molecule has 1 aromatic rings. The Morgan fingerprint density at radius 2 is 2.00 bits per heavy atom. The Kier molecular flexibility index (Phi) is 2.75. The maximum atomic E-state index is 11.7. The van der Waals surface area contributed by atoms with Crippen LogP contribution in [0, 0.1) is 0 Å². The molecule has 0 bridgehead atoms. The summed E-state index contributed by atoms with van der Waals surface area (Å²) in [5.41, 5.74) is -0.410. The van der Waals surface area contributed by atoms with E-state index in [0.29, 0.717) is 0 Å². The number of aromatic nitrogens is 2. The topological polar surface area (TPSA) is 73.3 Å². The van der Waals surface area contributed by atoms with Gasteiger partial charge in [0.1, 0.15) is 5.30 Å². The summed E-state index contributed by atoms with van der Waals surface area (Å²) in [4.78, 5) is 11.3. The average Bonchev–Trinajstić information content (AvgIpc) is 2.47. The number of nitrogens with zero attached hydrogens (tertiary/aromatic N) is 1. The smallest absolute Gasteiger partial charge is 0.308 e. The number of aryl methyl sites for hydroxylation is 1. The lowest BCUT2D eigenvalue weighted by Gasteiger charge is -2.09. The molecule has 0 saturated heterocycles. The highest BCUT2D eigenvalue weighted by Crippen LogP contribution is 2.43. The highest BCUT2D eigenvalue weighted by Gasteiger charge is 2.29. The molecule has 0 amide bonds. The molecule has 1 aromatic heterocycles. The van der Waals surface area contributed by atoms with Crippen molar-refractivity contribution in [3.63, 3.8) is 0 Å². The third-order valence-electron chi connectivity index (χ3n) is 1.69. The van der Waals surface area contributed by atoms with E-state index < -0.39 is 13.2 Å². The summed E-state index contributed by atoms with van der Waals surface area (Å²) >= 11 is 0. The van der Waals surface area contributed by atoms with Crippen LogP contribution in [0.2, 0.25) is 0 Å². The third-order valence-corrected chi connectivity index (χ3v) is 3.57. The van der Waals surface area contributed by atoms with Crippen LogP contribution >= 0.6 is 7.60 Å². The van der Waals surface area contributed by atoms with Crippen LogP contribution in [0.15, 0.2) is 11.0 Å². The molecule has 0 aliphatic rings. The zero-order valence-electron chi connectivity index (χ0n) is 7.60. The molecule has 0 aliphatic carbocycles. The van der Waals surface area contributed by atoms with E-state index in [9.17, 15) is 9.36 Å². The first-order valence-electron chi connectivity index (χ1n) is 3.51. The number of hydrogen-bond donors (Lipinski definition) is 1. The second kappa shape index (κ2) is 3.49. The van der Waals surface area contributed by atoms with Gasteiger partial charge in [-0.25, -0.2) is 0 Å². The van der Waals surface area contributed by atoms with Crippen molar-refractivity contribution in [2.24, 2.45) is 7.05 Å². The number of nitrogens with one attached hydrogen (secondary N) is 1. The fourth-order valence-corrected chi connectivity index (χ4v) is 2.06. The molecule has 1 N–H and O–H groups in total. The molecule has 0 fully saturated rings. The number of rotatable bonds is 3. The van der Waals surface area contributed by atoms with Crippen LogP contribution in [0.4, 0.5) is 0 Å². The quantitative estimate of drug-likeness (QED) is 0.696. The summed E-state index contributed by atoms with van der Waals surface area (Å²) in [5, 5.41) is 2.60. The Morgan fingerprint density at radius 3 is 2.31 bits per heavy atom. The highest BCUT2D eigenvalue weighted by atomic mass is 31.2. The van der Waals surface area contributed by atoms with E-state index in [1.807, 2.05) is 0 Å².